The molecule has 0 saturated heterocycles. The molecule has 1 rings (SSSR count). The molecule has 0 radical (unpaired) electrons. The van der Waals surface area contributed by atoms with Crippen LogP contribution in [0.2, 0.25) is 0 Å². The summed E-state index contributed by atoms with van der Waals surface area (Å²) in [6.45, 7) is 2.41. The molecule has 0 aliphatic rings. The van der Waals surface area contributed by atoms with Gasteiger partial charge < -0.3 is 15.1 Å². The molecule has 0 aliphatic heterocycles. The maximum atomic E-state index is 12.5. The van der Waals surface area contributed by atoms with Crippen LogP contribution in [0.25, 0.3) is 0 Å². The first-order chi connectivity index (χ1) is 9.36. The summed E-state index contributed by atoms with van der Waals surface area (Å²) in [4.78, 5) is 20.2. The number of aromatic nitrogens is 2. The van der Waals surface area contributed by atoms with Gasteiger partial charge in [-0.1, -0.05) is 13.8 Å². The van der Waals surface area contributed by atoms with Crippen molar-refractivity contribution >= 4 is 11.7 Å². The van der Waals surface area contributed by atoms with Crippen molar-refractivity contribution in [2.24, 2.45) is 0 Å². The zero-order valence-electron chi connectivity index (χ0n) is 11.3. The van der Waals surface area contributed by atoms with Gasteiger partial charge in [0.1, 0.15) is 5.82 Å². The van der Waals surface area contributed by atoms with Crippen molar-refractivity contribution < 1.29 is 23.8 Å². The Kier molecular flexibility index (Phi) is 5.75. The van der Waals surface area contributed by atoms with Gasteiger partial charge in [0.05, 0.1) is 25.0 Å². The summed E-state index contributed by atoms with van der Waals surface area (Å²) in [5.74, 6) is -1.07. The number of nitrogens with zero attached hydrogens (tertiary/aromatic N) is 3. The van der Waals surface area contributed by atoms with E-state index in [0.717, 1.165) is 4.90 Å². The highest BCUT2D eigenvalue weighted by molar-refractivity contribution is 5.92. The molecule has 0 saturated carbocycles. The smallest absolute Gasteiger partial charge is 0.356 e. The minimum absolute atomic E-state index is 0.0174. The summed E-state index contributed by atoms with van der Waals surface area (Å²) in [6.07, 6.45) is -1.45. The fourth-order valence-electron chi connectivity index (χ4n) is 1.65. The lowest BCUT2D eigenvalue weighted by Gasteiger charge is -2.24. The van der Waals surface area contributed by atoms with Crippen LogP contribution >= 0.6 is 0 Å². The summed E-state index contributed by atoms with van der Waals surface area (Å²) < 4.78 is 25.0. The standard InChI is InChI=1S/C12H17F2N3O3/c1-7(2)11-15-5-8(10(16-11)12(19)20)17(3-4-18)6-9(13)14/h5,7,9,18H,3-4,6H2,1-2H3,(H,19,20). The van der Waals surface area contributed by atoms with Crippen LogP contribution in [0.4, 0.5) is 14.5 Å². The molecule has 1 aromatic heterocycles. The third kappa shape index (κ3) is 4.09. The molecule has 0 aliphatic carbocycles. The zero-order valence-corrected chi connectivity index (χ0v) is 11.3. The third-order valence-electron chi connectivity index (χ3n) is 2.58. The van der Waals surface area contributed by atoms with Crippen LogP contribution in [0.5, 0.6) is 0 Å². The summed E-state index contributed by atoms with van der Waals surface area (Å²) in [6, 6.07) is 0. The molecule has 0 atom stereocenters. The number of anilines is 1. The van der Waals surface area contributed by atoms with Gasteiger partial charge in [0.2, 0.25) is 0 Å². The number of halogens is 2. The van der Waals surface area contributed by atoms with Gasteiger partial charge in [-0.2, -0.15) is 0 Å². The SMILES string of the molecule is CC(C)c1ncc(N(CCO)CC(F)F)c(C(=O)O)n1. The highest BCUT2D eigenvalue weighted by Gasteiger charge is 2.22. The first-order valence-electron chi connectivity index (χ1n) is 6.11. The Labute approximate surface area is 115 Å². The summed E-state index contributed by atoms with van der Waals surface area (Å²) in [7, 11) is 0. The molecule has 112 valence electrons. The average molecular weight is 289 g/mol. The first-order valence-corrected chi connectivity index (χ1v) is 6.11. The van der Waals surface area contributed by atoms with Gasteiger partial charge in [0, 0.05) is 12.5 Å². The number of carbonyl (C=O) groups is 1. The van der Waals surface area contributed by atoms with E-state index in [4.69, 9.17) is 10.2 Å². The number of aliphatic hydroxyl groups is 1. The Hall–Kier alpha value is -1.83. The third-order valence-corrected chi connectivity index (χ3v) is 2.58. The maximum Gasteiger partial charge on any atom is 0.356 e. The molecule has 0 bridgehead atoms. The van der Waals surface area contributed by atoms with E-state index in [1.807, 2.05) is 0 Å². The van der Waals surface area contributed by atoms with Crippen LogP contribution in [0.3, 0.4) is 0 Å². The van der Waals surface area contributed by atoms with Crippen molar-refractivity contribution in [2.75, 3.05) is 24.6 Å². The van der Waals surface area contributed by atoms with Crippen molar-refractivity contribution in [1.29, 1.82) is 0 Å². The Morgan fingerprint density at radius 3 is 2.55 bits per heavy atom. The fourth-order valence-corrected chi connectivity index (χ4v) is 1.65. The predicted molar refractivity (Wildman–Crippen MR) is 68.4 cm³/mol. The molecule has 0 spiro atoms. The number of hydrogen-bond donors (Lipinski definition) is 2. The van der Waals surface area contributed by atoms with Gasteiger partial charge in [-0.3, -0.25) is 0 Å². The lowest BCUT2D eigenvalue weighted by molar-refractivity contribution is 0.0689. The van der Waals surface area contributed by atoms with Gasteiger partial charge in [0.25, 0.3) is 6.43 Å². The van der Waals surface area contributed by atoms with Crippen molar-refractivity contribution in [3.8, 4) is 0 Å². The van der Waals surface area contributed by atoms with Crippen LogP contribution in [-0.4, -0.2) is 52.3 Å². The number of carboxylic acid groups (broad SMARTS) is 1. The molecule has 0 amide bonds. The Bertz CT molecular complexity index is 469. The first kappa shape index (κ1) is 16.2. The van der Waals surface area contributed by atoms with Crippen molar-refractivity contribution in [3.63, 3.8) is 0 Å². The Balaban J connectivity index is 3.22. The lowest BCUT2D eigenvalue weighted by Crippen LogP contribution is -2.33. The quantitative estimate of drug-likeness (QED) is 0.788. The fraction of sp³-hybridized carbons (Fsp3) is 0.583. The predicted octanol–water partition coefficient (Wildman–Crippen LogP) is 1.36. The highest BCUT2D eigenvalue weighted by Crippen LogP contribution is 2.21. The molecular weight excluding hydrogens is 272 g/mol. The number of hydrogen-bond acceptors (Lipinski definition) is 5. The zero-order chi connectivity index (χ0) is 15.3. The van der Waals surface area contributed by atoms with Crippen LogP contribution in [0.15, 0.2) is 6.20 Å². The minimum Gasteiger partial charge on any atom is -0.476 e. The second kappa shape index (κ2) is 7.09. The Morgan fingerprint density at radius 1 is 1.45 bits per heavy atom. The number of aromatic carboxylic acids is 1. The van der Waals surface area contributed by atoms with Crippen LogP contribution in [0, 0.1) is 0 Å². The molecule has 6 nitrogen and oxygen atoms in total. The van der Waals surface area contributed by atoms with E-state index in [1.54, 1.807) is 13.8 Å². The summed E-state index contributed by atoms with van der Waals surface area (Å²) in [5.41, 5.74) is -0.353. The van der Waals surface area contributed by atoms with E-state index in [-0.39, 0.29) is 30.5 Å². The van der Waals surface area contributed by atoms with Crippen LogP contribution in [-0.2, 0) is 0 Å². The van der Waals surface area contributed by atoms with E-state index in [9.17, 15) is 13.6 Å². The van der Waals surface area contributed by atoms with E-state index in [1.165, 1.54) is 6.20 Å². The molecule has 8 heteroatoms. The van der Waals surface area contributed by atoms with E-state index in [0.29, 0.717) is 5.82 Å². The number of carboxylic acids is 1. The normalized spacial score (nSPS) is 11.2. The van der Waals surface area contributed by atoms with Crippen molar-refractivity contribution in [2.45, 2.75) is 26.2 Å². The number of rotatable bonds is 7. The van der Waals surface area contributed by atoms with E-state index >= 15 is 0 Å². The molecule has 20 heavy (non-hydrogen) atoms. The minimum atomic E-state index is -2.66. The molecule has 2 N–H and O–H groups in total. The molecule has 0 aromatic carbocycles. The molecule has 1 heterocycles. The second-order valence-corrected chi connectivity index (χ2v) is 4.48. The lowest BCUT2D eigenvalue weighted by atomic mass is 10.2. The number of alkyl halides is 2. The van der Waals surface area contributed by atoms with Crippen LogP contribution in [0.1, 0.15) is 36.1 Å². The van der Waals surface area contributed by atoms with Crippen molar-refractivity contribution in [3.05, 3.63) is 17.7 Å². The number of aliphatic hydroxyl groups excluding tert-OH is 1. The molecule has 0 unspecified atom stereocenters. The summed E-state index contributed by atoms with van der Waals surface area (Å²) >= 11 is 0. The van der Waals surface area contributed by atoms with Gasteiger partial charge >= 0.3 is 5.97 Å². The molecule has 1 aromatic rings. The topological polar surface area (TPSA) is 86.5 Å². The van der Waals surface area contributed by atoms with Crippen LogP contribution < -0.4 is 4.90 Å². The monoisotopic (exact) mass is 289 g/mol. The van der Waals surface area contributed by atoms with Gasteiger partial charge in [-0.25, -0.2) is 23.5 Å². The van der Waals surface area contributed by atoms with Crippen molar-refractivity contribution in [1.82, 2.24) is 9.97 Å². The highest BCUT2D eigenvalue weighted by atomic mass is 19.3. The van der Waals surface area contributed by atoms with E-state index < -0.39 is 18.9 Å². The van der Waals surface area contributed by atoms with Gasteiger partial charge in [-0.15, -0.1) is 0 Å². The maximum absolute atomic E-state index is 12.5. The van der Waals surface area contributed by atoms with E-state index in [2.05, 4.69) is 9.97 Å². The second-order valence-electron chi connectivity index (χ2n) is 4.48. The average Bonchev–Trinajstić information content (AvgIpc) is 2.36. The molecular formula is C12H17F2N3O3. The van der Waals surface area contributed by atoms with Gasteiger partial charge in [-0.05, 0) is 0 Å². The molecule has 0 fully saturated rings. The summed E-state index contributed by atoms with van der Waals surface area (Å²) in [5, 5.41) is 18.1. The van der Waals surface area contributed by atoms with Gasteiger partial charge in [0.15, 0.2) is 5.69 Å². The largest absolute Gasteiger partial charge is 0.476 e. The Morgan fingerprint density at radius 2 is 2.10 bits per heavy atom.